The van der Waals surface area contributed by atoms with Crippen molar-refractivity contribution in [3.05, 3.63) is 0 Å². The van der Waals surface area contributed by atoms with Crippen LogP contribution in [0.3, 0.4) is 0 Å². The minimum absolute atomic E-state index is 0.582. The van der Waals surface area contributed by atoms with Gasteiger partial charge in [-0.05, 0) is 49.7 Å². The highest BCUT2D eigenvalue weighted by atomic mass is 127. The Labute approximate surface area is 95.2 Å². The Morgan fingerprint density at radius 2 is 1.85 bits per heavy atom. The number of alkyl halides is 1. The number of hydrogen-bond acceptors (Lipinski definition) is 1. The van der Waals surface area contributed by atoms with Gasteiger partial charge in [-0.25, -0.2) is 0 Å². The zero-order valence-corrected chi connectivity index (χ0v) is 10.5. The Morgan fingerprint density at radius 3 is 2.31 bits per heavy atom. The molecule has 2 aliphatic rings. The smallest absolute Gasteiger partial charge is 0.293 e. The van der Waals surface area contributed by atoms with Crippen LogP contribution in [0.5, 0.6) is 0 Å². The lowest BCUT2D eigenvalue weighted by molar-refractivity contribution is 0.208. The molecule has 1 nitrogen and oxygen atoms in total. The number of halogens is 1. The van der Waals surface area contributed by atoms with Gasteiger partial charge in [-0.15, -0.1) is 0 Å². The van der Waals surface area contributed by atoms with Gasteiger partial charge in [0.2, 0.25) is 0 Å². The third kappa shape index (κ3) is 2.41. The number of fused-ring (bicyclic) bond motifs is 2. The third-order valence-corrected chi connectivity index (χ3v) is 4.99. The molecule has 2 rings (SSSR count). The number of hydrogen-bond donors (Lipinski definition) is 0. The van der Waals surface area contributed by atoms with Gasteiger partial charge in [0.05, 0.1) is 0 Å². The summed E-state index contributed by atoms with van der Waals surface area (Å²) in [6, 6.07) is 0. The standard InChI is InChI=1S/C10H18BIO/c1-13-11-5-8-2-9(6-11)4-10(3-8)7-12/h8-10H,2-7H2,1H3. The summed E-state index contributed by atoms with van der Waals surface area (Å²) >= 11 is 2.55. The minimum atomic E-state index is 0.582. The molecule has 0 aromatic heterocycles. The predicted octanol–water partition coefficient (Wildman–Crippen LogP) is 3.11. The fourth-order valence-corrected chi connectivity index (χ4v) is 3.97. The number of rotatable bonds is 2. The van der Waals surface area contributed by atoms with Crippen molar-refractivity contribution >= 4 is 29.5 Å². The van der Waals surface area contributed by atoms with E-state index in [4.69, 9.17) is 4.65 Å². The van der Waals surface area contributed by atoms with Crippen LogP contribution in [0.2, 0.25) is 12.6 Å². The van der Waals surface area contributed by atoms with Gasteiger partial charge >= 0.3 is 0 Å². The van der Waals surface area contributed by atoms with E-state index in [1.54, 1.807) is 0 Å². The Kier molecular flexibility index (Phi) is 3.57. The summed E-state index contributed by atoms with van der Waals surface area (Å²) < 4.78 is 6.86. The van der Waals surface area contributed by atoms with Gasteiger partial charge in [0.15, 0.2) is 0 Å². The molecular formula is C10H18BIO. The van der Waals surface area contributed by atoms with E-state index in [1.165, 1.54) is 36.3 Å². The fraction of sp³-hybridized carbons (Fsp3) is 1.00. The van der Waals surface area contributed by atoms with Crippen molar-refractivity contribution in [2.45, 2.75) is 31.9 Å². The molecule has 0 N–H and O–H groups in total. The van der Waals surface area contributed by atoms with Crippen LogP contribution in [-0.2, 0) is 4.65 Å². The van der Waals surface area contributed by atoms with E-state index in [-0.39, 0.29) is 0 Å². The van der Waals surface area contributed by atoms with E-state index in [0.29, 0.717) is 6.92 Å². The molecule has 2 bridgehead atoms. The van der Waals surface area contributed by atoms with Gasteiger partial charge in [-0.3, -0.25) is 0 Å². The van der Waals surface area contributed by atoms with Crippen LogP contribution < -0.4 is 0 Å². The van der Waals surface area contributed by atoms with E-state index in [9.17, 15) is 0 Å². The topological polar surface area (TPSA) is 9.23 Å². The highest BCUT2D eigenvalue weighted by molar-refractivity contribution is 14.1. The minimum Gasteiger partial charge on any atom is -0.438 e. The molecule has 0 amide bonds. The van der Waals surface area contributed by atoms with Crippen molar-refractivity contribution in [1.29, 1.82) is 0 Å². The summed E-state index contributed by atoms with van der Waals surface area (Å²) in [7, 11) is 1.88. The van der Waals surface area contributed by atoms with Crippen LogP contribution in [0.25, 0.3) is 0 Å². The van der Waals surface area contributed by atoms with Gasteiger partial charge in [0.25, 0.3) is 6.92 Å². The molecule has 1 heterocycles. The molecule has 2 atom stereocenters. The lowest BCUT2D eigenvalue weighted by Crippen LogP contribution is -2.36. The van der Waals surface area contributed by atoms with Crippen LogP contribution in [0.4, 0.5) is 0 Å². The maximum absolute atomic E-state index is 5.49. The van der Waals surface area contributed by atoms with E-state index in [1.807, 2.05) is 7.11 Å². The molecular weight excluding hydrogens is 274 g/mol. The Bertz CT molecular complexity index is 146. The molecule has 1 saturated carbocycles. The second-order valence-corrected chi connectivity index (χ2v) is 5.67. The first kappa shape index (κ1) is 10.3. The van der Waals surface area contributed by atoms with Crippen LogP contribution >= 0.6 is 22.6 Å². The maximum Gasteiger partial charge on any atom is 0.293 e. The largest absolute Gasteiger partial charge is 0.438 e. The fourth-order valence-electron chi connectivity index (χ4n) is 3.25. The van der Waals surface area contributed by atoms with Crippen LogP contribution in [0.1, 0.15) is 19.3 Å². The van der Waals surface area contributed by atoms with Crippen LogP contribution in [-0.4, -0.2) is 18.5 Å². The van der Waals surface area contributed by atoms with Crippen molar-refractivity contribution in [3.8, 4) is 0 Å². The van der Waals surface area contributed by atoms with E-state index < -0.39 is 0 Å². The van der Waals surface area contributed by atoms with Gasteiger partial charge in [0, 0.05) is 11.5 Å². The predicted molar refractivity (Wildman–Crippen MR) is 65.6 cm³/mol. The average Bonchev–Trinajstić information content (AvgIpc) is 2.16. The SMILES string of the molecule is COB1CC2CC(CI)CC(C1)C2. The Hall–Kier alpha value is 0.755. The summed E-state index contributed by atoms with van der Waals surface area (Å²) in [4.78, 5) is 0. The van der Waals surface area contributed by atoms with Crippen molar-refractivity contribution < 1.29 is 4.65 Å². The van der Waals surface area contributed by atoms with Gasteiger partial charge < -0.3 is 4.65 Å². The van der Waals surface area contributed by atoms with E-state index in [2.05, 4.69) is 22.6 Å². The molecule has 2 unspecified atom stereocenters. The highest BCUT2D eigenvalue weighted by Gasteiger charge is 2.37. The first-order chi connectivity index (χ1) is 6.31. The molecule has 74 valence electrons. The summed E-state index contributed by atoms with van der Waals surface area (Å²) in [5, 5.41) is 0. The van der Waals surface area contributed by atoms with Gasteiger partial charge in [-0.2, -0.15) is 0 Å². The second kappa shape index (κ2) is 4.52. The molecule has 0 radical (unpaired) electrons. The zero-order valence-electron chi connectivity index (χ0n) is 8.34. The first-order valence-corrected chi connectivity index (χ1v) is 6.93. The lowest BCUT2D eigenvalue weighted by atomic mass is 9.46. The normalized spacial score (nSPS) is 39.2. The summed E-state index contributed by atoms with van der Waals surface area (Å²) in [5.41, 5.74) is 0. The summed E-state index contributed by atoms with van der Waals surface area (Å²) in [5.74, 6) is 2.98. The zero-order chi connectivity index (χ0) is 9.26. The Balaban J connectivity index is 1.93. The van der Waals surface area contributed by atoms with Gasteiger partial charge in [-0.1, -0.05) is 22.6 Å². The van der Waals surface area contributed by atoms with Crippen LogP contribution in [0.15, 0.2) is 0 Å². The molecule has 2 fully saturated rings. The monoisotopic (exact) mass is 292 g/mol. The third-order valence-electron chi connectivity index (χ3n) is 3.74. The van der Waals surface area contributed by atoms with Crippen molar-refractivity contribution in [3.63, 3.8) is 0 Å². The molecule has 1 aliphatic heterocycles. The van der Waals surface area contributed by atoms with Crippen molar-refractivity contribution in [2.75, 3.05) is 11.5 Å². The summed E-state index contributed by atoms with van der Waals surface area (Å²) in [6.45, 7) is 0.582. The average molecular weight is 292 g/mol. The molecule has 0 spiro atoms. The van der Waals surface area contributed by atoms with Crippen LogP contribution in [0, 0.1) is 17.8 Å². The molecule has 3 heteroatoms. The molecule has 1 saturated heterocycles. The summed E-state index contributed by atoms with van der Waals surface area (Å²) in [6.07, 6.45) is 7.10. The highest BCUT2D eigenvalue weighted by Crippen LogP contribution is 2.43. The molecule has 0 aromatic carbocycles. The maximum atomic E-state index is 5.49. The Morgan fingerprint density at radius 1 is 1.23 bits per heavy atom. The van der Waals surface area contributed by atoms with E-state index in [0.717, 1.165) is 17.8 Å². The quantitative estimate of drug-likeness (QED) is 0.432. The molecule has 13 heavy (non-hydrogen) atoms. The van der Waals surface area contributed by atoms with Gasteiger partial charge in [0.1, 0.15) is 0 Å². The molecule has 0 aromatic rings. The van der Waals surface area contributed by atoms with Crippen molar-refractivity contribution in [2.24, 2.45) is 17.8 Å². The lowest BCUT2D eigenvalue weighted by Gasteiger charge is -2.40. The second-order valence-electron chi connectivity index (χ2n) is 4.79. The first-order valence-electron chi connectivity index (χ1n) is 5.40. The van der Waals surface area contributed by atoms with E-state index >= 15 is 0 Å². The molecule has 1 aliphatic carbocycles. The van der Waals surface area contributed by atoms with Crippen molar-refractivity contribution in [1.82, 2.24) is 0 Å².